The Morgan fingerprint density at radius 2 is 1.29 bits per heavy atom. The number of benzene rings is 1. The predicted octanol–water partition coefficient (Wildman–Crippen LogP) is 6.63. The molecule has 0 aliphatic rings. The van der Waals surface area contributed by atoms with Gasteiger partial charge in [-0.3, -0.25) is 9.59 Å². The van der Waals surface area contributed by atoms with E-state index in [1.54, 1.807) is 12.1 Å². The van der Waals surface area contributed by atoms with Crippen molar-refractivity contribution in [1.82, 2.24) is 0 Å². The van der Waals surface area contributed by atoms with Gasteiger partial charge in [0.05, 0.1) is 6.61 Å². The maximum Gasteiger partial charge on any atom is 0.306 e. The zero-order chi connectivity index (χ0) is 20.5. The summed E-state index contributed by atoms with van der Waals surface area (Å²) in [6.07, 6.45) is 12.1. The van der Waals surface area contributed by atoms with E-state index < -0.39 is 0 Å². The van der Waals surface area contributed by atoms with Crippen LogP contribution in [0.4, 0.5) is 0 Å². The third-order valence-electron chi connectivity index (χ3n) is 4.59. The van der Waals surface area contributed by atoms with Gasteiger partial charge in [0.25, 0.3) is 0 Å². The first kappa shape index (κ1) is 24.5. The third-order valence-corrected chi connectivity index (χ3v) is 4.84. The lowest BCUT2D eigenvalue weighted by atomic mass is 10.1. The minimum atomic E-state index is -0.304. The maximum atomic E-state index is 11.7. The molecule has 0 aliphatic heterocycles. The van der Waals surface area contributed by atoms with E-state index in [1.165, 1.54) is 44.9 Å². The predicted molar refractivity (Wildman–Crippen MR) is 113 cm³/mol. The molecule has 0 unspecified atom stereocenters. The van der Waals surface area contributed by atoms with Gasteiger partial charge >= 0.3 is 11.9 Å². The van der Waals surface area contributed by atoms with Crippen LogP contribution in [0.5, 0.6) is 0 Å². The number of hydrogen-bond donors (Lipinski definition) is 0. The number of carbonyl (C=O) groups is 2. The summed E-state index contributed by atoms with van der Waals surface area (Å²) in [4.78, 5) is 23.4. The fourth-order valence-corrected chi connectivity index (χ4v) is 2.99. The quantitative estimate of drug-likeness (QED) is 0.227. The zero-order valence-electron chi connectivity index (χ0n) is 17.2. The molecule has 4 nitrogen and oxygen atoms in total. The molecule has 0 bridgehead atoms. The van der Waals surface area contributed by atoms with Gasteiger partial charge in [-0.2, -0.15) is 0 Å². The second-order valence-electron chi connectivity index (χ2n) is 7.19. The summed E-state index contributed by atoms with van der Waals surface area (Å²) in [5.41, 5.74) is 0.887. The average molecular weight is 411 g/mol. The van der Waals surface area contributed by atoms with Gasteiger partial charge in [0.2, 0.25) is 0 Å². The van der Waals surface area contributed by atoms with Gasteiger partial charge in [-0.1, -0.05) is 82.0 Å². The summed E-state index contributed by atoms with van der Waals surface area (Å²) < 4.78 is 10.4. The summed E-state index contributed by atoms with van der Waals surface area (Å²) in [5, 5.41) is 0.649. The van der Waals surface area contributed by atoms with Crippen molar-refractivity contribution in [3.05, 3.63) is 34.9 Å². The van der Waals surface area contributed by atoms with Crippen LogP contribution in [0.2, 0.25) is 5.02 Å². The normalized spacial score (nSPS) is 10.6. The third kappa shape index (κ3) is 13.6. The molecule has 1 aromatic carbocycles. The minimum absolute atomic E-state index is 0.221. The Morgan fingerprint density at radius 1 is 0.750 bits per heavy atom. The summed E-state index contributed by atoms with van der Waals surface area (Å²) in [5.74, 6) is -0.535. The first-order valence-electron chi connectivity index (χ1n) is 10.7. The van der Waals surface area contributed by atoms with Crippen molar-refractivity contribution in [3.8, 4) is 0 Å². The molecule has 0 amide bonds. The van der Waals surface area contributed by atoms with E-state index in [-0.39, 0.29) is 31.4 Å². The van der Waals surface area contributed by atoms with Crippen LogP contribution in [-0.4, -0.2) is 18.5 Å². The highest BCUT2D eigenvalue weighted by atomic mass is 35.5. The van der Waals surface area contributed by atoms with Gasteiger partial charge < -0.3 is 9.47 Å². The summed E-state index contributed by atoms with van der Waals surface area (Å²) >= 11 is 5.81. The van der Waals surface area contributed by atoms with Crippen molar-refractivity contribution < 1.29 is 19.1 Å². The first-order valence-corrected chi connectivity index (χ1v) is 11.0. The van der Waals surface area contributed by atoms with Crippen molar-refractivity contribution in [3.63, 3.8) is 0 Å². The Balaban J connectivity index is 1.91. The molecule has 0 heterocycles. The van der Waals surface area contributed by atoms with E-state index in [1.807, 2.05) is 12.1 Å². The highest BCUT2D eigenvalue weighted by Crippen LogP contribution is 2.12. The standard InChI is InChI=1S/C23H35ClO4/c1-2-3-4-5-6-7-8-9-10-18-27-22(25)12-11-13-23(26)28-19-20-14-16-21(24)17-15-20/h14-17H,2-13,18-19H2,1H3. The molecule has 5 heteroatoms. The van der Waals surface area contributed by atoms with Crippen LogP contribution >= 0.6 is 11.6 Å². The van der Waals surface area contributed by atoms with Gasteiger partial charge in [0, 0.05) is 17.9 Å². The van der Waals surface area contributed by atoms with Crippen molar-refractivity contribution in [2.75, 3.05) is 6.61 Å². The molecule has 28 heavy (non-hydrogen) atoms. The number of rotatable bonds is 16. The lowest BCUT2D eigenvalue weighted by molar-refractivity contribution is -0.146. The SMILES string of the molecule is CCCCCCCCCCCOC(=O)CCCC(=O)OCc1ccc(Cl)cc1. The zero-order valence-corrected chi connectivity index (χ0v) is 18.0. The lowest BCUT2D eigenvalue weighted by Gasteiger charge is -2.06. The Bertz CT molecular complexity index is 542. The van der Waals surface area contributed by atoms with Crippen LogP contribution < -0.4 is 0 Å². The van der Waals surface area contributed by atoms with Gasteiger partial charge in [-0.15, -0.1) is 0 Å². The van der Waals surface area contributed by atoms with Crippen LogP contribution in [0.3, 0.4) is 0 Å². The largest absolute Gasteiger partial charge is 0.466 e. The fourth-order valence-electron chi connectivity index (χ4n) is 2.86. The van der Waals surface area contributed by atoms with E-state index in [2.05, 4.69) is 6.92 Å². The number of esters is 2. The maximum absolute atomic E-state index is 11.7. The van der Waals surface area contributed by atoms with Gasteiger partial charge in [-0.05, 0) is 30.5 Å². The van der Waals surface area contributed by atoms with Gasteiger partial charge in [0.1, 0.15) is 6.61 Å². The molecule has 1 rings (SSSR count). The minimum Gasteiger partial charge on any atom is -0.466 e. The molecule has 0 atom stereocenters. The molecule has 0 aromatic heterocycles. The Morgan fingerprint density at radius 3 is 1.89 bits per heavy atom. The monoisotopic (exact) mass is 410 g/mol. The Kier molecular flexibility index (Phi) is 14.4. The molecular weight excluding hydrogens is 376 g/mol. The second-order valence-corrected chi connectivity index (χ2v) is 7.63. The number of unbranched alkanes of at least 4 members (excludes halogenated alkanes) is 8. The van der Waals surface area contributed by atoms with Crippen molar-refractivity contribution in [1.29, 1.82) is 0 Å². The van der Waals surface area contributed by atoms with Gasteiger partial charge in [-0.25, -0.2) is 0 Å². The molecular formula is C23H35ClO4. The molecule has 158 valence electrons. The topological polar surface area (TPSA) is 52.6 Å². The second kappa shape index (κ2) is 16.4. The highest BCUT2D eigenvalue weighted by molar-refractivity contribution is 6.30. The average Bonchev–Trinajstić information content (AvgIpc) is 2.69. The van der Waals surface area contributed by atoms with Gasteiger partial charge in [0.15, 0.2) is 0 Å². The number of hydrogen-bond acceptors (Lipinski definition) is 4. The van der Waals surface area contributed by atoms with E-state index in [9.17, 15) is 9.59 Å². The first-order chi connectivity index (χ1) is 13.6. The molecule has 0 saturated heterocycles. The van der Waals surface area contributed by atoms with Crippen molar-refractivity contribution in [2.45, 2.75) is 90.6 Å². The Hall–Kier alpha value is -1.55. The number of ether oxygens (including phenoxy) is 2. The fraction of sp³-hybridized carbons (Fsp3) is 0.652. The lowest BCUT2D eigenvalue weighted by Crippen LogP contribution is -2.08. The summed E-state index contributed by atoms with van der Waals surface area (Å²) in [7, 11) is 0. The number of halogens is 1. The molecule has 0 fully saturated rings. The summed E-state index contributed by atoms with van der Waals surface area (Å²) in [6, 6.07) is 7.15. The van der Waals surface area contributed by atoms with Crippen LogP contribution in [0.1, 0.15) is 89.5 Å². The molecule has 0 radical (unpaired) electrons. The molecule has 0 saturated carbocycles. The van der Waals surface area contributed by atoms with E-state index in [0.717, 1.165) is 18.4 Å². The Labute approximate surface area is 174 Å². The molecule has 1 aromatic rings. The van der Waals surface area contributed by atoms with E-state index in [0.29, 0.717) is 18.1 Å². The van der Waals surface area contributed by atoms with E-state index >= 15 is 0 Å². The smallest absolute Gasteiger partial charge is 0.306 e. The molecule has 0 spiro atoms. The van der Waals surface area contributed by atoms with Crippen LogP contribution in [0, 0.1) is 0 Å². The van der Waals surface area contributed by atoms with Crippen molar-refractivity contribution >= 4 is 23.5 Å². The van der Waals surface area contributed by atoms with E-state index in [4.69, 9.17) is 21.1 Å². The summed E-state index contributed by atoms with van der Waals surface area (Å²) in [6.45, 7) is 2.94. The van der Waals surface area contributed by atoms with Crippen molar-refractivity contribution in [2.24, 2.45) is 0 Å². The molecule has 0 N–H and O–H groups in total. The highest BCUT2D eigenvalue weighted by Gasteiger charge is 2.07. The van der Waals surface area contributed by atoms with Crippen LogP contribution in [0.15, 0.2) is 24.3 Å². The number of carbonyl (C=O) groups excluding carboxylic acids is 2. The van der Waals surface area contributed by atoms with Crippen LogP contribution in [-0.2, 0) is 25.7 Å². The van der Waals surface area contributed by atoms with Crippen LogP contribution in [0.25, 0.3) is 0 Å². The molecule has 0 aliphatic carbocycles.